The van der Waals surface area contributed by atoms with E-state index in [9.17, 15) is 9.59 Å². The Morgan fingerprint density at radius 1 is 0.946 bits per heavy atom. The van der Waals surface area contributed by atoms with Gasteiger partial charge in [-0.1, -0.05) is 81.6 Å². The van der Waals surface area contributed by atoms with Crippen molar-refractivity contribution in [3.05, 3.63) is 127 Å². The largest absolute Gasteiger partial charge is 0.422 e. The first-order chi connectivity index (χ1) is 17.9. The number of rotatable bonds is 5. The lowest BCUT2D eigenvalue weighted by Crippen LogP contribution is -2.20. The molecule has 0 saturated carbocycles. The van der Waals surface area contributed by atoms with E-state index in [-0.39, 0.29) is 21.9 Å². The van der Waals surface area contributed by atoms with Gasteiger partial charge in [0.15, 0.2) is 5.82 Å². The van der Waals surface area contributed by atoms with Crippen LogP contribution in [0.15, 0.2) is 105 Å². The second kappa shape index (κ2) is 10.7. The third kappa shape index (κ3) is 5.34. The summed E-state index contributed by atoms with van der Waals surface area (Å²) in [7, 11) is 0. The molecule has 0 amide bonds. The first kappa shape index (κ1) is 24.9. The standard InChI is InChI=1S/C28H16BrCl2N3O3/c29-19-10-13-25(37-28(36)21-12-11-20(30)15-23(21)31)18(14-19)16-32-34-26(17-6-2-1-3-7-17)33-24-9-5-4-8-22(24)27(34)35/h1-16H. The predicted molar refractivity (Wildman–Crippen MR) is 150 cm³/mol. The number of benzene rings is 4. The maximum atomic E-state index is 13.4. The van der Waals surface area contributed by atoms with Gasteiger partial charge in [0, 0.05) is 20.6 Å². The first-order valence-electron chi connectivity index (χ1n) is 11.0. The molecule has 0 aliphatic heterocycles. The Morgan fingerprint density at radius 2 is 1.70 bits per heavy atom. The Balaban J connectivity index is 1.58. The smallest absolute Gasteiger partial charge is 0.345 e. The van der Waals surface area contributed by atoms with Crippen molar-refractivity contribution in [2.45, 2.75) is 0 Å². The van der Waals surface area contributed by atoms with Gasteiger partial charge in [-0.3, -0.25) is 4.79 Å². The van der Waals surface area contributed by atoms with E-state index >= 15 is 0 Å². The Labute approximate surface area is 229 Å². The molecule has 0 spiro atoms. The van der Waals surface area contributed by atoms with Crippen LogP contribution in [0.2, 0.25) is 10.0 Å². The number of nitrogens with zero attached hydrogens (tertiary/aromatic N) is 3. The minimum Gasteiger partial charge on any atom is -0.422 e. The summed E-state index contributed by atoms with van der Waals surface area (Å²) in [5.74, 6) is -0.0544. The van der Waals surface area contributed by atoms with Crippen molar-refractivity contribution in [1.82, 2.24) is 9.66 Å². The van der Waals surface area contributed by atoms with Gasteiger partial charge in [0.1, 0.15) is 5.75 Å². The Bertz CT molecular complexity index is 1740. The van der Waals surface area contributed by atoms with Crippen LogP contribution in [0.25, 0.3) is 22.3 Å². The van der Waals surface area contributed by atoms with Gasteiger partial charge in [0.25, 0.3) is 5.56 Å². The van der Waals surface area contributed by atoms with Crippen LogP contribution in [0.5, 0.6) is 5.75 Å². The van der Waals surface area contributed by atoms with Crippen molar-refractivity contribution < 1.29 is 9.53 Å². The summed E-state index contributed by atoms with van der Waals surface area (Å²) in [6, 6.07) is 26.0. The van der Waals surface area contributed by atoms with Crippen molar-refractivity contribution in [3.8, 4) is 17.1 Å². The van der Waals surface area contributed by atoms with Crippen LogP contribution in [-0.2, 0) is 0 Å². The zero-order valence-corrected chi connectivity index (χ0v) is 22.0. The Kier molecular flexibility index (Phi) is 7.19. The van der Waals surface area contributed by atoms with E-state index in [1.54, 1.807) is 42.5 Å². The highest BCUT2D eigenvalue weighted by atomic mass is 79.9. The topological polar surface area (TPSA) is 73.5 Å². The molecule has 0 fully saturated rings. The van der Waals surface area contributed by atoms with E-state index in [4.69, 9.17) is 32.9 Å². The number of carbonyl (C=O) groups is 1. The minimum atomic E-state index is -0.659. The molecular formula is C28H16BrCl2N3O3. The number of hydrogen-bond acceptors (Lipinski definition) is 5. The zero-order chi connectivity index (χ0) is 25.9. The highest BCUT2D eigenvalue weighted by Crippen LogP contribution is 2.26. The van der Waals surface area contributed by atoms with Crippen LogP contribution in [0.3, 0.4) is 0 Å². The van der Waals surface area contributed by atoms with Crippen LogP contribution in [-0.4, -0.2) is 21.8 Å². The summed E-state index contributed by atoms with van der Waals surface area (Å²) in [5, 5.41) is 5.48. The molecule has 182 valence electrons. The summed E-state index contributed by atoms with van der Waals surface area (Å²) in [6.07, 6.45) is 1.45. The molecule has 0 bridgehead atoms. The van der Waals surface area contributed by atoms with Crippen LogP contribution in [0.1, 0.15) is 15.9 Å². The number of para-hydroxylation sites is 1. The highest BCUT2D eigenvalue weighted by molar-refractivity contribution is 9.10. The lowest BCUT2D eigenvalue weighted by atomic mass is 10.2. The third-order valence-electron chi connectivity index (χ3n) is 5.42. The van der Waals surface area contributed by atoms with Crippen LogP contribution in [0, 0.1) is 0 Å². The fourth-order valence-corrected chi connectivity index (χ4v) is 4.51. The molecule has 0 unspecified atom stereocenters. The monoisotopic (exact) mass is 591 g/mol. The van der Waals surface area contributed by atoms with Gasteiger partial charge in [0.05, 0.1) is 27.7 Å². The minimum absolute atomic E-state index is 0.165. The van der Waals surface area contributed by atoms with Gasteiger partial charge in [-0.25, -0.2) is 9.78 Å². The quantitative estimate of drug-likeness (QED) is 0.122. The summed E-state index contributed by atoms with van der Waals surface area (Å²) in [6.45, 7) is 0. The number of hydrogen-bond donors (Lipinski definition) is 0. The van der Waals surface area contributed by atoms with E-state index < -0.39 is 5.97 Å². The van der Waals surface area contributed by atoms with Crippen molar-refractivity contribution in [1.29, 1.82) is 0 Å². The molecule has 4 aromatic carbocycles. The average molecular weight is 593 g/mol. The second-order valence-electron chi connectivity index (χ2n) is 7.88. The molecule has 5 rings (SSSR count). The zero-order valence-electron chi connectivity index (χ0n) is 18.9. The van der Waals surface area contributed by atoms with Crippen molar-refractivity contribution >= 4 is 62.2 Å². The summed E-state index contributed by atoms with van der Waals surface area (Å²) in [5.41, 5.74) is 1.57. The number of fused-ring (bicyclic) bond motifs is 1. The van der Waals surface area contributed by atoms with Crippen molar-refractivity contribution in [2.75, 3.05) is 0 Å². The van der Waals surface area contributed by atoms with E-state index in [1.165, 1.54) is 23.0 Å². The molecule has 1 heterocycles. The Morgan fingerprint density at radius 3 is 2.49 bits per heavy atom. The number of ether oxygens (including phenoxy) is 1. The van der Waals surface area contributed by atoms with E-state index in [1.807, 2.05) is 36.4 Å². The van der Waals surface area contributed by atoms with Crippen molar-refractivity contribution in [2.24, 2.45) is 5.10 Å². The molecule has 0 aliphatic rings. The molecule has 6 nitrogen and oxygen atoms in total. The van der Waals surface area contributed by atoms with Gasteiger partial charge < -0.3 is 4.74 Å². The Hall–Kier alpha value is -3.78. The fraction of sp³-hybridized carbons (Fsp3) is 0. The SMILES string of the molecule is O=C(Oc1ccc(Br)cc1C=Nn1c(-c2ccccc2)nc2ccccc2c1=O)c1ccc(Cl)cc1Cl. The van der Waals surface area contributed by atoms with Gasteiger partial charge in [0.2, 0.25) is 0 Å². The summed E-state index contributed by atoms with van der Waals surface area (Å²) >= 11 is 15.5. The van der Waals surface area contributed by atoms with Gasteiger partial charge in [-0.05, 0) is 48.5 Å². The molecule has 0 saturated heterocycles. The van der Waals surface area contributed by atoms with Crippen LogP contribution >= 0.6 is 39.1 Å². The second-order valence-corrected chi connectivity index (χ2v) is 9.64. The summed E-state index contributed by atoms with van der Waals surface area (Å²) < 4.78 is 7.59. The van der Waals surface area contributed by atoms with Crippen LogP contribution < -0.4 is 10.3 Å². The van der Waals surface area contributed by atoms with E-state index in [0.29, 0.717) is 27.3 Å². The molecule has 0 atom stereocenters. The molecule has 0 radical (unpaired) electrons. The van der Waals surface area contributed by atoms with E-state index in [0.717, 1.165) is 10.0 Å². The highest BCUT2D eigenvalue weighted by Gasteiger charge is 2.16. The molecule has 9 heteroatoms. The molecule has 1 aromatic heterocycles. The molecule has 0 N–H and O–H groups in total. The first-order valence-corrected chi connectivity index (χ1v) is 12.5. The fourth-order valence-electron chi connectivity index (χ4n) is 3.65. The maximum absolute atomic E-state index is 13.4. The predicted octanol–water partition coefficient (Wildman–Crippen LogP) is 7.23. The molecule has 5 aromatic rings. The van der Waals surface area contributed by atoms with Gasteiger partial charge >= 0.3 is 5.97 Å². The number of aromatic nitrogens is 2. The molecule has 37 heavy (non-hydrogen) atoms. The number of halogens is 3. The lowest BCUT2D eigenvalue weighted by molar-refractivity contribution is 0.0734. The summed E-state index contributed by atoms with van der Waals surface area (Å²) in [4.78, 5) is 30.9. The van der Waals surface area contributed by atoms with Crippen molar-refractivity contribution in [3.63, 3.8) is 0 Å². The average Bonchev–Trinajstić information content (AvgIpc) is 2.90. The lowest BCUT2D eigenvalue weighted by Gasteiger charge is -2.11. The number of esters is 1. The maximum Gasteiger partial charge on any atom is 0.345 e. The van der Waals surface area contributed by atoms with Crippen LogP contribution in [0.4, 0.5) is 0 Å². The third-order valence-corrected chi connectivity index (χ3v) is 6.46. The number of carbonyl (C=O) groups excluding carboxylic acids is 1. The van der Waals surface area contributed by atoms with E-state index in [2.05, 4.69) is 21.0 Å². The van der Waals surface area contributed by atoms with Gasteiger partial charge in [-0.2, -0.15) is 9.78 Å². The van der Waals surface area contributed by atoms with Gasteiger partial charge in [-0.15, -0.1) is 0 Å². The normalized spacial score (nSPS) is 11.2. The molecule has 0 aliphatic carbocycles. The molecular weight excluding hydrogens is 577 g/mol.